The van der Waals surface area contributed by atoms with E-state index in [0.29, 0.717) is 6.04 Å². The number of para-hydroxylation sites is 1. The summed E-state index contributed by atoms with van der Waals surface area (Å²) in [6, 6.07) is 8.56. The molecule has 1 aromatic rings. The molecule has 2 atom stereocenters. The van der Waals surface area contributed by atoms with E-state index < -0.39 is 0 Å². The third kappa shape index (κ3) is 2.42. The summed E-state index contributed by atoms with van der Waals surface area (Å²) in [5.41, 5.74) is 0. The number of hydrogen-bond acceptors (Lipinski definition) is 3. The van der Waals surface area contributed by atoms with Crippen LogP contribution in [0.2, 0.25) is 0 Å². The summed E-state index contributed by atoms with van der Waals surface area (Å²) in [4.78, 5) is 1.24. The van der Waals surface area contributed by atoms with Gasteiger partial charge < -0.3 is 10.1 Å². The molecule has 1 aromatic carbocycles. The van der Waals surface area contributed by atoms with E-state index in [1.165, 1.54) is 4.90 Å². The van der Waals surface area contributed by atoms with Crippen LogP contribution in [0.5, 0.6) is 5.75 Å². The fourth-order valence-electron chi connectivity index (χ4n) is 1.87. The maximum absolute atomic E-state index is 6.01. The predicted molar refractivity (Wildman–Crippen MR) is 69.2 cm³/mol. The number of nitrogens with one attached hydrogen (secondary N) is 1. The van der Waals surface area contributed by atoms with Crippen molar-refractivity contribution in [3.05, 3.63) is 36.9 Å². The highest BCUT2D eigenvalue weighted by atomic mass is 32.2. The van der Waals surface area contributed by atoms with Crippen molar-refractivity contribution in [1.29, 1.82) is 0 Å². The first-order valence-electron chi connectivity index (χ1n) is 5.51. The second-order valence-electron chi connectivity index (χ2n) is 3.83. The second kappa shape index (κ2) is 5.41. The maximum atomic E-state index is 6.01. The zero-order valence-corrected chi connectivity index (χ0v) is 10.3. The van der Waals surface area contributed by atoms with Crippen molar-refractivity contribution in [3.8, 4) is 5.75 Å². The van der Waals surface area contributed by atoms with E-state index in [1.807, 2.05) is 37.0 Å². The molecule has 0 saturated heterocycles. The standard InChI is InChI=1S/C13H17NOS/c1-3-6-10(14-2)12-9-16-13-8-5-4-7-11(13)15-12/h3-5,7-8,10,12,14H,1,6,9H2,2H3. The molecule has 0 amide bonds. The van der Waals surface area contributed by atoms with Gasteiger partial charge in [0.25, 0.3) is 0 Å². The summed E-state index contributed by atoms with van der Waals surface area (Å²) in [5.74, 6) is 2.00. The van der Waals surface area contributed by atoms with Gasteiger partial charge >= 0.3 is 0 Å². The monoisotopic (exact) mass is 235 g/mol. The molecule has 0 aromatic heterocycles. The van der Waals surface area contributed by atoms with Crippen molar-refractivity contribution in [2.75, 3.05) is 12.8 Å². The summed E-state index contributed by atoms with van der Waals surface area (Å²) in [5, 5.41) is 3.29. The zero-order chi connectivity index (χ0) is 11.4. The van der Waals surface area contributed by atoms with E-state index in [-0.39, 0.29) is 6.10 Å². The molecule has 2 unspecified atom stereocenters. The average molecular weight is 235 g/mol. The fraction of sp³-hybridized carbons (Fsp3) is 0.385. The maximum Gasteiger partial charge on any atom is 0.133 e. The Labute approximate surface area is 101 Å². The highest BCUT2D eigenvalue weighted by Gasteiger charge is 2.26. The van der Waals surface area contributed by atoms with Crippen molar-refractivity contribution in [1.82, 2.24) is 5.32 Å². The van der Waals surface area contributed by atoms with Crippen LogP contribution in [-0.4, -0.2) is 24.9 Å². The van der Waals surface area contributed by atoms with Crippen LogP contribution in [0.25, 0.3) is 0 Å². The summed E-state index contributed by atoms with van der Waals surface area (Å²) >= 11 is 1.87. The Bertz CT molecular complexity index is 367. The topological polar surface area (TPSA) is 21.3 Å². The van der Waals surface area contributed by atoms with Gasteiger partial charge in [0.2, 0.25) is 0 Å². The van der Waals surface area contributed by atoms with Gasteiger partial charge in [-0.2, -0.15) is 0 Å². The molecule has 0 bridgehead atoms. The summed E-state index contributed by atoms with van der Waals surface area (Å²) in [6.45, 7) is 3.79. The number of fused-ring (bicyclic) bond motifs is 1. The van der Waals surface area contributed by atoms with Crippen LogP contribution in [0.1, 0.15) is 6.42 Å². The van der Waals surface area contributed by atoms with Gasteiger partial charge in [0, 0.05) is 16.7 Å². The van der Waals surface area contributed by atoms with E-state index in [0.717, 1.165) is 17.9 Å². The highest BCUT2D eigenvalue weighted by Crippen LogP contribution is 2.35. The first kappa shape index (κ1) is 11.6. The van der Waals surface area contributed by atoms with E-state index in [2.05, 4.69) is 24.0 Å². The van der Waals surface area contributed by atoms with Gasteiger partial charge in [-0.15, -0.1) is 18.3 Å². The van der Waals surface area contributed by atoms with E-state index in [9.17, 15) is 0 Å². The van der Waals surface area contributed by atoms with Gasteiger partial charge in [-0.25, -0.2) is 0 Å². The molecule has 0 fully saturated rings. The third-order valence-electron chi connectivity index (χ3n) is 2.77. The number of rotatable bonds is 4. The van der Waals surface area contributed by atoms with Crippen molar-refractivity contribution < 1.29 is 4.74 Å². The third-order valence-corrected chi connectivity index (χ3v) is 3.91. The molecule has 1 heterocycles. The smallest absolute Gasteiger partial charge is 0.133 e. The Morgan fingerprint density at radius 1 is 1.62 bits per heavy atom. The molecule has 86 valence electrons. The lowest BCUT2D eigenvalue weighted by atomic mass is 10.1. The van der Waals surface area contributed by atoms with Crippen LogP contribution < -0.4 is 10.1 Å². The van der Waals surface area contributed by atoms with Gasteiger partial charge in [-0.1, -0.05) is 18.2 Å². The molecule has 2 rings (SSSR count). The number of thioether (sulfide) groups is 1. The molecule has 2 nitrogen and oxygen atoms in total. The predicted octanol–water partition coefficient (Wildman–Crippen LogP) is 2.70. The second-order valence-corrected chi connectivity index (χ2v) is 4.90. The average Bonchev–Trinajstić information content (AvgIpc) is 2.35. The lowest BCUT2D eigenvalue weighted by Crippen LogP contribution is -2.43. The number of hydrogen-bond donors (Lipinski definition) is 1. The van der Waals surface area contributed by atoms with Gasteiger partial charge in [0.1, 0.15) is 11.9 Å². The Morgan fingerprint density at radius 3 is 3.19 bits per heavy atom. The Morgan fingerprint density at radius 2 is 2.44 bits per heavy atom. The lowest BCUT2D eigenvalue weighted by molar-refractivity contribution is 0.171. The number of likely N-dealkylation sites (N-methyl/N-ethyl adjacent to an activating group) is 1. The molecule has 3 heteroatoms. The first-order valence-corrected chi connectivity index (χ1v) is 6.50. The van der Waals surface area contributed by atoms with Crippen molar-refractivity contribution in [2.24, 2.45) is 0 Å². The van der Waals surface area contributed by atoms with Crippen LogP contribution in [0, 0.1) is 0 Å². The minimum Gasteiger partial charge on any atom is -0.487 e. The van der Waals surface area contributed by atoms with Gasteiger partial charge in [0.05, 0.1) is 0 Å². The van der Waals surface area contributed by atoms with Crippen molar-refractivity contribution in [3.63, 3.8) is 0 Å². The van der Waals surface area contributed by atoms with Gasteiger partial charge in [-0.05, 0) is 25.6 Å². The van der Waals surface area contributed by atoms with Crippen LogP contribution in [0.4, 0.5) is 0 Å². The SMILES string of the molecule is C=CCC(NC)C1CSc2ccccc2O1. The molecular formula is C13H17NOS. The summed E-state index contributed by atoms with van der Waals surface area (Å²) < 4.78 is 6.01. The Hall–Kier alpha value is -0.930. The van der Waals surface area contributed by atoms with Crippen LogP contribution in [0.3, 0.4) is 0 Å². The highest BCUT2D eigenvalue weighted by molar-refractivity contribution is 7.99. The summed E-state index contributed by atoms with van der Waals surface area (Å²) in [6.07, 6.45) is 3.10. The molecule has 1 aliphatic rings. The zero-order valence-electron chi connectivity index (χ0n) is 9.48. The fourth-order valence-corrected chi connectivity index (χ4v) is 2.95. The minimum atomic E-state index is 0.225. The summed E-state index contributed by atoms with van der Waals surface area (Å²) in [7, 11) is 1.97. The number of ether oxygens (including phenoxy) is 1. The van der Waals surface area contributed by atoms with E-state index in [4.69, 9.17) is 4.74 Å². The first-order chi connectivity index (χ1) is 7.85. The minimum absolute atomic E-state index is 0.225. The largest absolute Gasteiger partial charge is 0.487 e. The molecule has 0 aliphatic carbocycles. The van der Waals surface area contributed by atoms with Crippen LogP contribution >= 0.6 is 11.8 Å². The van der Waals surface area contributed by atoms with E-state index in [1.54, 1.807) is 0 Å². The van der Waals surface area contributed by atoms with Crippen LogP contribution in [-0.2, 0) is 0 Å². The van der Waals surface area contributed by atoms with Gasteiger partial charge in [-0.3, -0.25) is 0 Å². The van der Waals surface area contributed by atoms with Crippen molar-refractivity contribution >= 4 is 11.8 Å². The van der Waals surface area contributed by atoms with E-state index >= 15 is 0 Å². The Kier molecular flexibility index (Phi) is 3.91. The Balaban J connectivity index is 2.09. The van der Waals surface area contributed by atoms with Crippen LogP contribution in [0.15, 0.2) is 41.8 Å². The molecule has 0 saturated carbocycles. The molecule has 16 heavy (non-hydrogen) atoms. The molecule has 1 aliphatic heterocycles. The molecule has 1 N–H and O–H groups in total. The molecular weight excluding hydrogens is 218 g/mol. The van der Waals surface area contributed by atoms with Crippen molar-refractivity contribution in [2.45, 2.75) is 23.5 Å². The van der Waals surface area contributed by atoms with Gasteiger partial charge in [0.15, 0.2) is 0 Å². The molecule has 0 radical (unpaired) electrons. The lowest BCUT2D eigenvalue weighted by Gasteiger charge is -2.31. The number of benzene rings is 1. The normalized spacial score (nSPS) is 20.7. The molecule has 0 spiro atoms. The quantitative estimate of drug-likeness (QED) is 0.811.